The van der Waals surface area contributed by atoms with Gasteiger partial charge in [-0.05, 0) is 24.3 Å². The van der Waals surface area contributed by atoms with Gasteiger partial charge in [0.1, 0.15) is 11.6 Å². The molecular formula is C12H10N2O2. The second-order valence-corrected chi connectivity index (χ2v) is 3.22. The summed E-state index contributed by atoms with van der Waals surface area (Å²) in [7, 11) is 0. The largest absolute Gasteiger partial charge is 0.508 e. The molecule has 0 saturated heterocycles. The summed E-state index contributed by atoms with van der Waals surface area (Å²) < 4.78 is 0. The molecule has 0 aliphatic rings. The number of hydrogen-bond acceptors (Lipinski definition) is 3. The van der Waals surface area contributed by atoms with Crippen molar-refractivity contribution in [2.75, 3.05) is 0 Å². The molecule has 1 aromatic carbocycles. The van der Waals surface area contributed by atoms with Gasteiger partial charge in [0.15, 0.2) is 5.78 Å². The number of nitrogens with one attached hydrogen (secondary N) is 1. The molecule has 0 amide bonds. The van der Waals surface area contributed by atoms with E-state index in [4.69, 9.17) is 0 Å². The molecular weight excluding hydrogens is 204 g/mol. The molecule has 0 saturated carbocycles. The number of phenols is 1. The Kier molecular flexibility index (Phi) is 2.82. The molecule has 2 N–H and O–H groups in total. The molecule has 0 unspecified atom stereocenters. The first-order chi connectivity index (χ1) is 7.75. The van der Waals surface area contributed by atoms with Gasteiger partial charge in [-0.1, -0.05) is 12.1 Å². The minimum atomic E-state index is -0.174. The lowest BCUT2D eigenvalue weighted by atomic mass is 10.1. The molecule has 80 valence electrons. The van der Waals surface area contributed by atoms with Crippen LogP contribution in [0.4, 0.5) is 0 Å². The van der Waals surface area contributed by atoms with Crippen LogP contribution in [0.2, 0.25) is 0 Å². The predicted molar refractivity (Wildman–Crippen MR) is 60.1 cm³/mol. The predicted octanol–water partition coefficient (Wildman–Crippen LogP) is 2.01. The average Bonchev–Trinajstić information content (AvgIpc) is 2.78. The molecule has 16 heavy (non-hydrogen) atoms. The van der Waals surface area contributed by atoms with Gasteiger partial charge in [-0.25, -0.2) is 4.98 Å². The molecule has 0 aliphatic carbocycles. The van der Waals surface area contributed by atoms with Crippen molar-refractivity contribution in [1.82, 2.24) is 9.97 Å². The van der Waals surface area contributed by atoms with Crippen LogP contribution >= 0.6 is 0 Å². The molecule has 0 bridgehead atoms. The van der Waals surface area contributed by atoms with Crippen molar-refractivity contribution in [3.8, 4) is 5.75 Å². The average molecular weight is 214 g/mol. The van der Waals surface area contributed by atoms with E-state index >= 15 is 0 Å². The topological polar surface area (TPSA) is 66.0 Å². The Morgan fingerprint density at radius 1 is 1.44 bits per heavy atom. The van der Waals surface area contributed by atoms with Crippen LogP contribution in [0.5, 0.6) is 5.75 Å². The Morgan fingerprint density at radius 3 is 3.00 bits per heavy atom. The van der Waals surface area contributed by atoms with E-state index in [0.717, 1.165) is 0 Å². The van der Waals surface area contributed by atoms with Gasteiger partial charge in [-0.3, -0.25) is 4.79 Å². The molecule has 1 aromatic heterocycles. The molecule has 2 rings (SSSR count). The smallest absolute Gasteiger partial charge is 0.186 e. The normalized spacial score (nSPS) is 10.8. The fourth-order valence-electron chi connectivity index (χ4n) is 1.28. The lowest BCUT2D eigenvalue weighted by Crippen LogP contribution is -1.93. The van der Waals surface area contributed by atoms with Crippen LogP contribution in [0, 0.1) is 0 Å². The Labute approximate surface area is 92.3 Å². The molecule has 0 radical (unpaired) electrons. The number of allylic oxidation sites excluding steroid dienone is 1. The molecule has 4 heteroatoms. The minimum Gasteiger partial charge on any atom is -0.508 e. The van der Waals surface area contributed by atoms with E-state index in [1.54, 1.807) is 30.6 Å². The van der Waals surface area contributed by atoms with Gasteiger partial charge in [0, 0.05) is 18.0 Å². The SMILES string of the molecule is O=C(/C=C/c1ncc[nH]1)c1cccc(O)c1. The highest BCUT2D eigenvalue weighted by Crippen LogP contribution is 2.12. The first-order valence-corrected chi connectivity index (χ1v) is 4.76. The van der Waals surface area contributed by atoms with Gasteiger partial charge in [-0.15, -0.1) is 0 Å². The first-order valence-electron chi connectivity index (χ1n) is 4.76. The summed E-state index contributed by atoms with van der Waals surface area (Å²) in [5.74, 6) is 0.526. The quantitative estimate of drug-likeness (QED) is 0.606. The maximum atomic E-state index is 11.7. The second kappa shape index (κ2) is 4.44. The van der Waals surface area contributed by atoms with Gasteiger partial charge in [0.05, 0.1) is 0 Å². The summed E-state index contributed by atoms with van der Waals surface area (Å²) in [6.07, 6.45) is 6.29. The molecule has 1 heterocycles. The highest BCUT2D eigenvalue weighted by atomic mass is 16.3. The van der Waals surface area contributed by atoms with Crippen LogP contribution in [-0.4, -0.2) is 20.9 Å². The third-order valence-corrected chi connectivity index (χ3v) is 2.04. The number of imidazole rings is 1. The number of carbonyl (C=O) groups excluding carboxylic acids is 1. The van der Waals surface area contributed by atoms with Crippen molar-refractivity contribution in [1.29, 1.82) is 0 Å². The lowest BCUT2D eigenvalue weighted by Gasteiger charge is -1.95. The van der Waals surface area contributed by atoms with Gasteiger partial charge >= 0.3 is 0 Å². The van der Waals surface area contributed by atoms with E-state index in [1.807, 2.05) is 0 Å². The van der Waals surface area contributed by atoms with E-state index in [9.17, 15) is 9.90 Å². The Hall–Kier alpha value is -2.36. The third-order valence-electron chi connectivity index (χ3n) is 2.04. The maximum absolute atomic E-state index is 11.7. The minimum absolute atomic E-state index is 0.0808. The van der Waals surface area contributed by atoms with E-state index in [1.165, 1.54) is 18.2 Å². The number of nitrogens with zero attached hydrogens (tertiary/aromatic N) is 1. The van der Waals surface area contributed by atoms with Crippen molar-refractivity contribution in [3.63, 3.8) is 0 Å². The van der Waals surface area contributed by atoms with Gasteiger partial charge in [-0.2, -0.15) is 0 Å². The second-order valence-electron chi connectivity index (χ2n) is 3.22. The summed E-state index contributed by atoms with van der Waals surface area (Å²) >= 11 is 0. The monoisotopic (exact) mass is 214 g/mol. The number of carbonyl (C=O) groups is 1. The van der Waals surface area contributed by atoms with Crippen LogP contribution in [0.15, 0.2) is 42.7 Å². The number of aromatic amines is 1. The lowest BCUT2D eigenvalue weighted by molar-refractivity contribution is 0.104. The van der Waals surface area contributed by atoms with Crippen LogP contribution < -0.4 is 0 Å². The van der Waals surface area contributed by atoms with Crippen LogP contribution in [-0.2, 0) is 0 Å². The molecule has 0 aliphatic heterocycles. The summed E-state index contributed by atoms with van der Waals surface area (Å²) in [4.78, 5) is 18.5. The molecule has 0 atom stereocenters. The van der Waals surface area contributed by atoms with E-state index in [2.05, 4.69) is 9.97 Å². The Morgan fingerprint density at radius 2 is 2.31 bits per heavy atom. The van der Waals surface area contributed by atoms with Crippen molar-refractivity contribution in [3.05, 3.63) is 54.1 Å². The number of benzene rings is 1. The summed E-state index contributed by atoms with van der Waals surface area (Å²) in [5, 5.41) is 9.22. The number of H-pyrrole nitrogens is 1. The van der Waals surface area contributed by atoms with Crippen molar-refractivity contribution < 1.29 is 9.90 Å². The van der Waals surface area contributed by atoms with Gasteiger partial charge < -0.3 is 10.1 Å². The number of aromatic nitrogens is 2. The number of phenolic OH excluding ortho intramolecular Hbond substituents is 1. The zero-order valence-corrected chi connectivity index (χ0v) is 8.42. The van der Waals surface area contributed by atoms with Gasteiger partial charge in [0.25, 0.3) is 0 Å². The summed E-state index contributed by atoms with van der Waals surface area (Å²) in [6, 6.07) is 6.22. The highest BCUT2D eigenvalue weighted by molar-refractivity contribution is 6.06. The Balaban J connectivity index is 2.15. The zero-order chi connectivity index (χ0) is 11.4. The first kappa shape index (κ1) is 10.2. The van der Waals surface area contributed by atoms with Crippen molar-refractivity contribution in [2.45, 2.75) is 0 Å². The van der Waals surface area contributed by atoms with Crippen LogP contribution in [0.3, 0.4) is 0 Å². The molecule has 2 aromatic rings. The van der Waals surface area contributed by atoms with Gasteiger partial charge in [0.2, 0.25) is 0 Å². The van der Waals surface area contributed by atoms with Crippen molar-refractivity contribution in [2.24, 2.45) is 0 Å². The third kappa shape index (κ3) is 2.36. The summed E-state index contributed by atoms with van der Waals surface area (Å²) in [5.41, 5.74) is 0.447. The number of ketones is 1. The standard InChI is InChI=1S/C12H10N2O2/c15-10-3-1-2-9(8-10)11(16)4-5-12-13-6-7-14-12/h1-8,15H,(H,13,14)/b5-4+. The molecule has 4 nitrogen and oxygen atoms in total. The van der Waals surface area contributed by atoms with Crippen molar-refractivity contribution >= 4 is 11.9 Å². The fourth-order valence-corrected chi connectivity index (χ4v) is 1.28. The maximum Gasteiger partial charge on any atom is 0.186 e. The molecule has 0 spiro atoms. The van der Waals surface area contributed by atoms with Crippen LogP contribution in [0.25, 0.3) is 6.08 Å². The highest BCUT2D eigenvalue weighted by Gasteiger charge is 2.02. The number of rotatable bonds is 3. The van der Waals surface area contributed by atoms with E-state index < -0.39 is 0 Å². The van der Waals surface area contributed by atoms with Crippen LogP contribution in [0.1, 0.15) is 16.2 Å². The fraction of sp³-hybridized carbons (Fsp3) is 0. The Bertz CT molecular complexity index is 516. The summed E-state index contributed by atoms with van der Waals surface area (Å²) in [6.45, 7) is 0. The molecule has 0 fully saturated rings. The zero-order valence-electron chi connectivity index (χ0n) is 8.42. The number of hydrogen-bond donors (Lipinski definition) is 2. The number of aromatic hydroxyl groups is 1. The van der Waals surface area contributed by atoms with E-state index in [-0.39, 0.29) is 11.5 Å². The van der Waals surface area contributed by atoms with E-state index in [0.29, 0.717) is 11.4 Å².